The molecule has 1 saturated heterocycles. The van der Waals surface area contributed by atoms with E-state index in [0.29, 0.717) is 24.8 Å². The Morgan fingerprint density at radius 2 is 2.11 bits per heavy atom. The van der Waals surface area contributed by atoms with E-state index in [-0.39, 0.29) is 0 Å². The van der Waals surface area contributed by atoms with E-state index in [1.165, 1.54) is 5.56 Å². The van der Waals surface area contributed by atoms with E-state index < -0.39 is 0 Å². The standard InChI is InChI=1S/C15H24N2O2/c1-4-17(12(2)3)15(13-6-5-7-16-8-13)14-9-18-11-19-10-14/h5-8,12,14-15H,4,9-11H2,1-3H3. The lowest BCUT2D eigenvalue weighted by atomic mass is 9.92. The first-order valence-electron chi connectivity index (χ1n) is 7.05. The first-order valence-corrected chi connectivity index (χ1v) is 7.05. The summed E-state index contributed by atoms with van der Waals surface area (Å²) < 4.78 is 11.0. The number of ether oxygens (including phenoxy) is 2. The van der Waals surface area contributed by atoms with Crippen molar-refractivity contribution < 1.29 is 9.47 Å². The Morgan fingerprint density at radius 3 is 2.63 bits per heavy atom. The Balaban J connectivity index is 2.26. The first-order chi connectivity index (χ1) is 9.24. The van der Waals surface area contributed by atoms with E-state index in [1.54, 1.807) is 0 Å². The number of hydrogen-bond acceptors (Lipinski definition) is 4. The summed E-state index contributed by atoms with van der Waals surface area (Å²) in [6.07, 6.45) is 3.78. The van der Waals surface area contributed by atoms with E-state index in [0.717, 1.165) is 19.8 Å². The highest BCUT2D eigenvalue weighted by molar-refractivity contribution is 5.16. The van der Waals surface area contributed by atoms with Crippen LogP contribution < -0.4 is 0 Å². The van der Waals surface area contributed by atoms with Crippen molar-refractivity contribution in [2.75, 3.05) is 26.6 Å². The molecule has 1 aromatic heterocycles. The van der Waals surface area contributed by atoms with Gasteiger partial charge in [-0.05, 0) is 32.0 Å². The average Bonchev–Trinajstić information content (AvgIpc) is 2.46. The summed E-state index contributed by atoms with van der Waals surface area (Å²) in [4.78, 5) is 6.75. The van der Waals surface area contributed by atoms with Crippen LogP contribution in [0.25, 0.3) is 0 Å². The van der Waals surface area contributed by atoms with E-state index in [9.17, 15) is 0 Å². The maximum atomic E-state index is 5.49. The van der Waals surface area contributed by atoms with Crippen LogP contribution in [0.4, 0.5) is 0 Å². The molecule has 0 bridgehead atoms. The normalized spacial score (nSPS) is 19.0. The van der Waals surface area contributed by atoms with Crippen LogP contribution in [-0.4, -0.2) is 42.5 Å². The largest absolute Gasteiger partial charge is 0.355 e. The fraction of sp³-hybridized carbons (Fsp3) is 0.667. The maximum Gasteiger partial charge on any atom is 0.146 e. The van der Waals surface area contributed by atoms with E-state index in [1.807, 2.05) is 18.5 Å². The molecular weight excluding hydrogens is 240 g/mol. The minimum Gasteiger partial charge on any atom is -0.355 e. The van der Waals surface area contributed by atoms with E-state index >= 15 is 0 Å². The predicted molar refractivity (Wildman–Crippen MR) is 74.8 cm³/mol. The molecular formula is C15H24N2O2. The van der Waals surface area contributed by atoms with Crippen molar-refractivity contribution >= 4 is 0 Å². The Labute approximate surface area is 115 Å². The van der Waals surface area contributed by atoms with Crippen molar-refractivity contribution in [3.8, 4) is 0 Å². The SMILES string of the molecule is CCN(C(C)C)C(c1cccnc1)C1COCOC1. The van der Waals surface area contributed by atoms with Crippen LogP contribution in [0.5, 0.6) is 0 Å². The summed E-state index contributed by atoms with van der Waals surface area (Å²) in [7, 11) is 0. The molecule has 1 aliphatic heterocycles. The van der Waals surface area contributed by atoms with Gasteiger partial charge in [-0.25, -0.2) is 0 Å². The molecule has 2 heterocycles. The van der Waals surface area contributed by atoms with Gasteiger partial charge in [-0.3, -0.25) is 9.88 Å². The van der Waals surface area contributed by atoms with Crippen LogP contribution in [0.3, 0.4) is 0 Å². The molecule has 4 heteroatoms. The van der Waals surface area contributed by atoms with Gasteiger partial charge in [0.05, 0.1) is 13.2 Å². The molecule has 1 atom stereocenters. The van der Waals surface area contributed by atoms with E-state index in [4.69, 9.17) is 9.47 Å². The molecule has 2 rings (SSSR count). The highest BCUT2D eigenvalue weighted by atomic mass is 16.7. The van der Waals surface area contributed by atoms with Crippen molar-refractivity contribution in [2.24, 2.45) is 5.92 Å². The minimum absolute atomic E-state index is 0.305. The third kappa shape index (κ3) is 3.53. The molecule has 0 amide bonds. The second-order valence-corrected chi connectivity index (χ2v) is 5.27. The molecule has 1 unspecified atom stereocenters. The third-order valence-corrected chi connectivity index (χ3v) is 3.69. The van der Waals surface area contributed by atoms with Crippen LogP contribution in [0.2, 0.25) is 0 Å². The quantitative estimate of drug-likeness (QED) is 0.818. The van der Waals surface area contributed by atoms with Crippen molar-refractivity contribution in [3.05, 3.63) is 30.1 Å². The Bertz CT molecular complexity index is 364. The van der Waals surface area contributed by atoms with Gasteiger partial charge in [-0.1, -0.05) is 13.0 Å². The van der Waals surface area contributed by atoms with Crippen LogP contribution in [0, 0.1) is 5.92 Å². The second-order valence-electron chi connectivity index (χ2n) is 5.27. The molecule has 106 valence electrons. The Morgan fingerprint density at radius 1 is 1.37 bits per heavy atom. The summed E-state index contributed by atoms with van der Waals surface area (Å²) in [5.74, 6) is 0.361. The topological polar surface area (TPSA) is 34.6 Å². The predicted octanol–water partition coefficient (Wildman–Crippen LogP) is 2.47. The summed E-state index contributed by atoms with van der Waals surface area (Å²) in [6.45, 7) is 9.60. The maximum absolute atomic E-state index is 5.49. The molecule has 1 aliphatic rings. The molecule has 0 N–H and O–H groups in total. The van der Waals surface area contributed by atoms with Gasteiger partial charge in [-0.2, -0.15) is 0 Å². The molecule has 19 heavy (non-hydrogen) atoms. The molecule has 4 nitrogen and oxygen atoms in total. The molecule has 0 aromatic carbocycles. The number of aromatic nitrogens is 1. The molecule has 0 radical (unpaired) electrons. The van der Waals surface area contributed by atoms with Crippen molar-refractivity contribution in [3.63, 3.8) is 0 Å². The van der Waals surface area contributed by atoms with Crippen LogP contribution in [0.1, 0.15) is 32.4 Å². The van der Waals surface area contributed by atoms with Gasteiger partial charge < -0.3 is 9.47 Å². The summed E-state index contributed by atoms with van der Waals surface area (Å²) >= 11 is 0. The second kappa shape index (κ2) is 6.98. The van der Waals surface area contributed by atoms with Crippen LogP contribution in [0.15, 0.2) is 24.5 Å². The number of pyridine rings is 1. The van der Waals surface area contributed by atoms with Crippen molar-refractivity contribution in [1.82, 2.24) is 9.88 Å². The lowest BCUT2D eigenvalue weighted by molar-refractivity contribution is -0.143. The third-order valence-electron chi connectivity index (χ3n) is 3.69. The minimum atomic E-state index is 0.305. The highest BCUT2D eigenvalue weighted by Crippen LogP contribution is 2.31. The average molecular weight is 264 g/mol. The summed E-state index contributed by atoms with van der Waals surface area (Å²) in [5, 5.41) is 0. The van der Waals surface area contributed by atoms with Gasteiger partial charge in [0, 0.05) is 30.4 Å². The monoisotopic (exact) mass is 264 g/mol. The lowest BCUT2D eigenvalue weighted by Gasteiger charge is -2.40. The smallest absolute Gasteiger partial charge is 0.146 e. The first kappa shape index (κ1) is 14.4. The van der Waals surface area contributed by atoms with Crippen LogP contribution >= 0.6 is 0 Å². The van der Waals surface area contributed by atoms with Crippen molar-refractivity contribution in [2.45, 2.75) is 32.9 Å². The fourth-order valence-corrected chi connectivity index (χ4v) is 2.86. The number of hydrogen-bond donors (Lipinski definition) is 0. The molecule has 1 fully saturated rings. The van der Waals surface area contributed by atoms with Gasteiger partial charge in [0.1, 0.15) is 6.79 Å². The zero-order valence-electron chi connectivity index (χ0n) is 12.1. The molecule has 1 aromatic rings. The number of nitrogens with zero attached hydrogens (tertiary/aromatic N) is 2. The Hall–Kier alpha value is -0.970. The zero-order valence-corrected chi connectivity index (χ0v) is 12.1. The van der Waals surface area contributed by atoms with Gasteiger partial charge in [0.25, 0.3) is 0 Å². The lowest BCUT2D eigenvalue weighted by Crippen LogP contribution is -2.43. The summed E-state index contributed by atoms with van der Waals surface area (Å²) in [5.41, 5.74) is 1.25. The van der Waals surface area contributed by atoms with Gasteiger partial charge in [0.2, 0.25) is 0 Å². The Kier molecular flexibility index (Phi) is 5.31. The van der Waals surface area contributed by atoms with E-state index in [2.05, 4.69) is 36.7 Å². The number of rotatable bonds is 5. The van der Waals surface area contributed by atoms with Gasteiger partial charge >= 0.3 is 0 Å². The highest BCUT2D eigenvalue weighted by Gasteiger charge is 2.31. The van der Waals surface area contributed by atoms with Gasteiger partial charge in [-0.15, -0.1) is 0 Å². The fourth-order valence-electron chi connectivity index (χ4n) is 2.86. The van der Waals surface area contributed by atoms with Gasteiger partial charge in [0.15, 0.2) is 0 Å². The molecule has 0 saturated carbocycles. The summed E-state index contributed by atoms with van der Waals surface area (Å²) in [6, 6.07) is 4.94. The molecule has 0 spiro atoms. The van der Waals surface area contributed by atoms with Crippen molar-refractivity contribution in [1.29, 1.82) is 0 Å². The van der Waals surface area contributed by atoms with Crippen LogP contribution in [-0.2, 0) is 9.47 Å². The zero-order chi connectivity index (χ0) is 13.7. The molecule has 0 aliphatic carbocycles.